The Kier molecular flexibility index (Phi) is 6.50. The number of benzene rings is 3. The minimum atomic E-state index is -3.89. The van der Waals surface area contributed by atoms with Crippen molar-refractivity contribution in [1.29, 1.82) is 0 Å². The van der Waals surface area contributed by atoms with Crippen LogP contribution in [0.2, 0.25) is 0 Å². The van der Waals surface area contributed by atoms with Crippen LogP contribution in [0.15, 0.2) is 64.4 Å². The molecule has 0 aliphatic carbocycles. The Labute approximate surface area is 197 Å². The summed E-state index contributed by atoms with van der Waals surface area (Å²) in [6.45, 7) is 0.409. The van der Waals surface area contributed by atoms with E-state index in [1.165, 1.54) is 40.7 Å². The van der Waals surface area contributed by atoms with Crippen molar-refractivity contribution in [2.45, 2.75) is 35.0 Å². The summed E-state index contributed by atoms with van der Waals surface area (Å²) in [5, 5.41) is 10.6. The van der Waals surface area contributed by atoms with Crippen molar-refractivity contribution in [1.82, 2.24) is 4.31 Å². The number of halogens is 1. The zero-order chi connectivity index (χ0) is 24.7. The Hall–Kier alpha value is -2.82. The van der Waals surface area contributed by atoms with Gasteiger partial charge >= 0.3 is 5.97 Å². The van der Waals surface area contributed by atoms with Crippen molar-refractivity contribution >= 4 is 36.6 Å². The second kappa shape index (κ2) is 9.09. The number of hydrogen-bond donors (Lipinski definition) is 1. The lowest BCUT2D eigenvalue weighted by Crippen LogP contribution is -2.38. The van der Waals surface area contributed by atoms with Crippen LogP contribution in [-0.4, -0.2) is 51.6 Å². The van der Waals surface area contributed by atoms with Crippen LogP contribution in [0.3, 0.4) is 0 Å². The molecule has 0 bridgehead atoms. The summed E-state index contributed by atoms with van der Waals surface area (Å²) in [5.41, 5.74) is 1.42. The van der Waals surface area contributed by atoms with Gasteiger partial charge in [-0.1, -0.05) is 24.3 Å². The third kappa shape index (κ3) is 4.98. The Morgan fingerprint density at radius 3 is 2.32 bits per heavy atom. The average molecular weight is 506 g/mol. The summed E-state index contributed by atoms with van der Waals surface area (Å²) in [5.74, 6) is -1.44. The molecule has 34 heavy (non-hydrogen) atoms. The fourth-order valence-corrected chi connectivity index (χ4v) is 6.72. The summed E-state index contributed by atoms with van der Waals surface area (Å²) in [6.07, 6.45) is 1.79. The first-order valence-corrected chi connectivity index (χ1v) is 14.0. The number of carboxylic acid groups (broad SMARTS) is 1. The van der Waals surface area contributed by atoms with Gasteiger partial charge in [0.15, 0.2) is 9.84 Å². The topological polar surface area (TPSA) is 109 Å². The molecule has 0 unspecified atom stereocenters. The van der Waals surface area contributed by atoms with Crippen molar-refractivity contribution in [2.24, 2.45) is 0 Å². The summed E-state index contributed by atoms with van der Waals surface area (Å²) < 4.78 is 65.3. The molecule has 7 nitrogen and oxygen atoms in total. The first-order valence-electron chi connectivity index (χ1n) is 10.7. The van der Waals surface area contributed by atoms with Crippen LogP contribution in [0.1, 0.15) is 29.9 Å². The molecule has 1 fully saturated rings. The van der Waals surface area contributed by atoms with E-state index in [2.05, 4.69) is 0 Å². The smallest absolute Gasteiger partial charge is 0.307 e. The molecular formula is C24H24FNO6S2. The molecule has 0 spiro atoms. The van der Waals surface area contributed by atoms with Gasteiger partial charge < -0.3 is 5.11 Å². The van der Waals surface area contributed by atoms with Gasteiger partial charge in [0, 0.05) is 19.3 Å². The zero-order valence-corrected chi connectivity index (χ0v) is 20.1. The molecule has 0 aromatic heterocycles. The average Bonchev–Trinajstić information content (AvgIpc) is 2.78. The van der Waals surface area contributed by atoms with Crippen LogP contribution in [-0.2, 0) is 31.1 Å². The van der Waals surface area contributed by atoms with Gasteiger partial charge in [0.25, 0.3) is 0 Å². The fraction of sp³-hybridized carbons (Fsp3) is 0.292. The number of nitrogens with zero attached hydrogens (tertiary/aromatic N) is 1. The molecule has 180 valence electrons. The SMILES string of the molecule is CS(=O)(=O)c1cccc(S(=O)(=O)N2CCC(c3cc(CC(=O)O)cc4ccc(F)cc34)CC2)c1. The molecule has 1 N–H and O–H groups in total. The lowest BCUT2D eigenvalue weighted by Gasteiger charge is -2.32. The third-order valence-electron chi connectivity index (χ3n) is 6.13. The minimum Gasteiger partial charge on any atom is -0.481 e. The van der Waals surface area contributed by atoms with Crippen molar-refractivity contribution in [3.63, 3.8) is 0 Å². The van der Waals surface area contributed by atoms with Gasteiger partial charge in [-0.2, -0.15) is 4.31 Å². The second-order valence-corrected chi connectivity index (χ2v) is 12.5. The summed E-state index contributed by atoms with van der Waals surface area (Å²) >= 11 is 0. The highest BCUT2D eigenvalue weighted by Gasteiger charge is 2.31. The van der Waals surface area contributed by atoms with E-state index in [0.717, 1.165) is 17.2 Å². The van der Waals surface area contributed by atoms with Crippen LogP contribution in [0.5, 0.6) is 0 Å². The monoisotopic (exact) mass is 505 g/mol. The zero-order valence-electron chi connectivity index (χ0n) is 18.4. The highest BCUT2D eigenvalue weighted by Crippen LogP contribution is 2.36. The molecule has 1 aliphatic rings. The number of sulfonamides is 1. The number of carbonyl (C=O) groups is 1. The first kappa shape index (κ1) is 24.3. The minimum absolute atomic E-state index is 0.0628. The summed E-state index contributed by atoms with van der Waals surface area (Å²) in [7, 11) is -7.45. The van der Waals surface area contributed by atoms with E-state index in [-0.39, 0.29) is 35.2 Å². The van der Waals surface area contributed by atoms with E-state index in [0.29, 0.717) is 23.8 Å². The third-order valence-corrected chi connectivity index (χ3v) is 9.13. The van der Waals surface area contributed by atoms with Crippen molar-refractivity contribution in [3.05, 3.63) is 71.5 Å². The molecule has 0 amide bonds. The summed E-state index contributed by atoms with van der Waals surface area (Å²) in [4.78, 5) is 11.1. The van der Waals surface area contributed by atoms with Crippen LogP contribution < -0.4 is 0 Å². The van der Waals surface area contributed by atoms with Gasteiger partial charge in [0.2, 0.25) is 10.0 Å². The summed E-state index contributed by atoms with van der Waals surface area (Å²) in [6, 6.07) is 13.2. The van der Waals surface area contributed by atoms with E-state index in [1.54, 1.807) is 18.2 Å². The Balaban J connectivity index is 1.62. The van der Waals surface area contributed by atoms with Crippen LogP contribution >= 0.6 is 0 Å². The van der Waals surface area contributed by atoms with Gasteiger partial charge in [-0.25, -0.2) is 21.2 Å². The van der Waals surface area contributed by atoms with E-state index in [4.69, 9.17) is 0 Å². The van der Waals surface area contributed by atoms with Gasteiger partial charge in [-0.05, 0) is 71.0 Å². The highest BCUT2D eigenvalue weighted by molar-refractivity contribution is 7.91. The predicted molar refractivity (Wildman–Crippen MR) is 126 cm³/mol. The van der Waals surface area contributed by atoms with Gasteiger partial charge in [-0.15, -0.1) is 0 Å². The first-order chi connectivity index (χ1) is 15.9. The Morgan fingerprint density at radius 2 is 1.68 bits per heavy atom. The number of carboxylic acids is 1. The van der Waals surface area contributed by atoms with E-state index in [1.807, 2.05) is 0 Å². The standard InChI is InChI=1S/C24H24FNO6S2/c1-33(29,30)20-3-2-4-21(15-20)34(31,32)26-9-7-17(8-10-26)22-12-16(13-24(27)28)11-18-5-6-19(25)14-23(18)22/h2-6,11-12,14-15,17H,7-10,13H2,1H3,(H,27,28). The van der Waals surface area contributed by atoms with Crippen LogP contribution in [0, 0.1) is 5.82 Å². The van der Waals surface area contributed by atoms with Crippen molar-refractivity contribution in [3.8, 4) is 0 Å². The van der Waals surface area contributed by atoms with Gasteiger partial charge in [0.05, 0.1) is 16.2 Å². The molecule has 0 atom stereocenters. The second-order valence-electron chi connectivity index (χ2n) is 8.55. The molecule has 4 rings (SSSR count). The maximum Gasteiger partial charge on any atom is 0.307 e. The highest BCUT2D eigenvalue weighted by atomic mass is 32.2. The maximum absolute atomic E-state index is 14.0. The maximum atomic E-state index is 14.0. The van der Waals surface area contributed by atoms with Crippen LogP contribution in [0.4, 0.5) is 4.39 Å². The molecule has 3 aromatic rings. The molecule has 1 heterocycles. The number of aliphatic carboxylic acids is 1. The van der Waals surface area contributed by atoms with E-state index >= 15 is 0 Å². The van der Waals surface area contributed by atoms with E-state index < -0.39 is 31.6 Å². The van der Waals surface area contributed by atoms with Crippen molar-refractivity contribution < 1.29 is 31.1 Å². The molecular weight excluding hydrogens is 481 g/mol. The number of sulfone groups is 1. The van der Waals surface area contributed by atoms with E-state index in [9.17, 15) is 31.1 Å². The normalized spacial score (nSPS) is 16.1. The Morgan fingerprint density at radius 1 is 1.00 bits per heavy atom. The number of hydrogen-bond acceptors (Lipinski definition) is 5. The largest absolute Gasteiger partial charge is 0.481 e. The van der Waals surface area contributed by atoms with Gasteiger partial charge in [0.1, 0.15) is 5.82 Å². The molecule has 10 heteroatoms. The number of piperidine rings is 1. The van der Waals surface area contributed by atoms with Crippen LogP contribution in [0.25, 0.3) is 10.8 Å². The Bertz CT molecular complexity index is 1480. The molecule has 1 aliphatic heterocycles. The van der Waals surface area contributed by atoms with Crippen molar-refractivity contribution in [2.75, 3.05) is 19.3 Å². The predicted octanol–water partition coefficient (Wildman–Crippen LogP) is 3.58. The molecule has 1 saturated heterocycles. The van der Waals surface area contributed by atoms with Gasteiger partial charge in [-0.3, -0.25) is 4.79 Å². The molecule has 3 aromatic carbocycles. The molecule has 0 saturated carbocycles. The fourth-order valence-electron chi connectivity index (χ4n) is 4.46. The molecule has 0 radical (unpaired) electrons. The number of rotatable bonds is 6. The lowest BCUT2D eigenvalue weighted by atomic mass is 9.85. The number of fused-ring (bicyclic) bond motifs is 1. The lowest BCUT2D eigenvalue weighted by molar-refractivity contribution is -0.136. The quantitative estimate of drug-likeness (QED) is 0.549.